The molecule has 122 valence electrons. The molecular weight excluding hydrogens is 298 g/mol. The van der Waals surface area contributed by atoms with Gasteiger partial charge in [-0.25, -0.2) is 0 Å². The summed E-state index contributed by atoms with van der Waals surface area (Å²) in [6.07, 6.45) is 1.73. The van der Waals surface area contributed by atoms with Gasteiger partial charge in [0.1, 0.15) is 0 Å². The molecule has 3 rings (SSSR count). The van der Waals surface area contributed by atoms with Crippen LogP contribution in [-0.4, -0.2) is 15.5 Å². The van der Waals surface area contributed by atoms with Crippen LogP contribution in [0.15, 0.2) is 54.7 Å². The lowest BCUT2D eigenvalue weighted by atomic mass is 10.2. The molecule has 2 heterocycles. The first kappa shape index (κ1) is 16.0. The maximum atomic E-state index is 12.5. The SMILES string of the molecule is Cc1ccc(-n2c(C)cc(C(=O)NCc3ccccn3)c2C)cc1. The molecule has 0 saturated heterocycles. The third-order valence-corrected chi connectivity index (χ3v) is 4.12. The molecule has 0 atom stereocenters. The van der Waals surface area contributed by atoms with Crippen molar-refractivity contribution in [3.8, 4) is 5.69 Å². The molecule has 0 unspecified atom stereocenters. The number of carbonyl (C=O) groups excluding carboxylic acids is 1. The molecule has 0 aliphatic heterocycles. The molecule has 0 radical (unpaired) electrons. The lowest BCUT2D eigenvalue weighted by Gasteiger charge is -2.10. The number of amides is 1. The van der Waals surface area contributed by atoms with Crippen molar-refractivity contribution in [3.63, 3.8) is 0 Å². The lowest BCUT2D eigenvalue weighted by Crippen LogP contribution is -2.23. The van der Waals surface area contributed by atoms with E-state index >= 15 is 0 Å². The number of aromatic nitrogens is 2. The summed E-state index contributed by atoms with van der Waals surface area (Å²) >= 11 is 0. The van der Waals surface area contributed by atoms with E-state index in [1.54, 1.807) is 6.20 Å². The highest BCUT2D eigenvalue weighted by molar-refractivity contribution is 5.95. The zero-order valence-electron chi connectivity index (χ0n) is 14.2. The van der Waals surface area contributed by atoms with Gasteiger partial charge in [0, 0.05) is 23.3 Å². The Morgan fingerprint density at radius 2 is 1.83 bits per heavy atom. The van der Waals surface area contributed by atoms with E-state index in [9.17, 15) is 4.79 Å². The summed E-state index contributed by atoms with van der Waals surface area (Å²) < 4.78 is 2.11. The van der Waals surface area contributed by atoms with Crippen molar-refractivity contribution in [2.45, 2.75) is 27.3 Å². The van der Waals surface area contributed by atoms with Crippen LogP contribution in [0.3, 0.4) is 0 Å². The van der Waals surface area contributed by atoms with Crippen molar-refractivity contribution < 1.29 is 4.79 Å². The summed E-state index contributed by atoms with van der Waals surface area (Å²) in [5, 5.41) is 2.94. The van der Waals surface area contributed by atoms with Gasteiger partial charge in [-0.05, 0) is 51.1 Å². The molecule has 1 aromatic carbocycles. The number of nitrogens with one attached hydrogen (secondary N) is 1. The van der Waals surface area contributed by atoms with Gasteiger partial charge in [-0.2, -0.15) is 0 Å². The highest BCUT2D eigenvalue weighted by Crippen LogP contribution is 2.21. The second kappa shape index (κ2) is 6.71. The smallest absolute Gasteiger partial charge is 0.253 e. The summed E-state index contributed by atoms with van der Waals surface area (Å²) in [6.45, 7) is 6.48. The topological polar surface area (TPSA) is 46.9 Å². The average Bonchev–Trinajstić information content (AvgIpc) is 2.89. The number of hydrogen-bond acceptors (Lipinski definition) is 2. The molecule has 3 aromatic rings. The van der Waals surface area contributed by atoms with E-state index in [1.165, 1.54) is 5.56 Å². The zero-order valence-corrected chi connectivity index (χ0v) is 14.2. The largest absolute Gasteiger partial charge is 0.346 e. The number of aryl methyl sites for hydroxylation is 2. The monoisotopic (exact) mass is 319 g/mol. The van der Waals surface area contributed by atoms with Gasteiger partial charge in [0.25, 0.3) is 5.91 Å². The van der Waals surface area contributed by atoms with Crippen molar-refractivity contribution in [1.82, 2.24) is 14.9 Å². The fourth-order valence-corrected chi connectivity index (χ4v) is 2.85. The van der Waals surface area contributed by atoms with Gasteiger partial charge in [-0.1, -0.05) is 23.8 Å². The number of benzene rings is 1. The molecule has 2 aromatic heterocycles. The quantitative estimate of drug-likeness (QED) is 0.796. The van der Waals surface area contributed by atoms with Crippen LogP contribution in [-0.2, 0) is 6.54 Å². The van der Waals surface area contributed by atoms with Crippen molar-refractivity contribution in [2.75, 3.05) is 0 Å². The Balaban J connectivity index is 1.83. The summed E-state index contributed by atoms with van der Waals surface area (Å²) in [7, 11) is 0. The molecule has 0 bridgehead atoms. The van der Waals surface area contributed by atoms with Crippen LogP contribution in [0.2, 0.25) is 0 Å². The first-order valence-electron chi connectivity index (χ1n) is 8.00. The highest BCUT2D eigenvalue weighted by atomic mass is 16.1. The number of nitrogens with zero attached hydrogens (tertiary/aromatic N) is 2. The van der Waals surface area contributed by atoms with Gasteiger partial charge >= 0.3 is 0 Å². The molecule has 0 saturated carbocycles. The third kappa shape index (κ3) is 3.23. The van der Waals surface area contributed by atoms with Crippen LogP contribution in [0.5, 0.6) is 0 Å². The van der Waals surface area contributed by atoms with Crippen LogP contribution in [0.25, 0.3) is 5.69 Å². The Bertz CT molecular complexity index is 849. The third-order valence-electron chi connectivity index (χ3n) is 4.12. The Morgan fingerprint density at radius 3 is 2.50 bits per heavy atom. The molecular formula is C20H21N3O. The Labute approximate surface area is 142 Å². The fourth-order valence-electron chi connectivity index (χ4n) is 2.85. The maximum Gasteiger partial charge on any atom is 0.253 e. The minimum Gasteiger partial charge on any atom is -0.346 e. The molecule has 0 aliphatic carbocycles. The van der Waals surface area contributed by atoms with Crippen molar-refractivity contribution in [3.05, 3.63) is 82.9 Å². The van der Waals surface area contributed by atoms with E-state index in [1.807, 2.05) is 38.1 Å². The van der Waals surface area contributed by atoms with Crippen LogP contribution < -0.4 is 5.32 Å². The Hall–Kier alpha value is -2.88. The molecule has 1 amide bonds. The summed E-state index contributed by atoms with van der Waals surface area (Å²) in [5.74, 6) is -0.0767. The first-order valence-corrected chi connectivity index (χ1v) is 8.00. The second-order valence-corrected chi connectivity index (χ2v) is 5.96. The van der Waals surface area contributed by atoms with Crippen molar-refractivity contribution in [2.24, 2.45) is 0 Å². The van der Waals surface area contributed by atoms with Crippen LogP contribution >= 0.6 is 0 Å². The highest BCUT2D eigenvalue weighted by Gasteiger charge is 2.16. The average molecular weight is 319 g/mol. The second-order valence-electron chi connectivity index (χ2n) is 5.96. The van der Waals surface area contributed by atoms with Gasteiger partial charge < -0.3 is 9.88 Å². The molecule has 4 heteroatoms. The fraction of sp³-hybridized carbons (Fsp3) is 0.200. The standard InChI is InChI=1S/C20H21N3O/c1-14-7-9-18(10-8-14)23-15(2)12-19(16(23)3)20(24)22-13-17-6-4-5-11-21-17/h4-12H,13H2,1-3H3,(H,22,24). The zero-order chi connectivity index (χ0) is 17.1. The molecule has 24 heavy (non-hydrogen) atoms. The van der Waals surface area contributed by atoms with Gasteiger partial charge in [0.05, 0.1) is 17.8 Å². The molecule has 4 nitrogen and oxygen atoms in total. The van der Waals surface area contributed by atoms with Crippen LogP contribution in [0.4, 0.5) is 0 Å². The predicted octanol–water partition coefficient (Wildman–Crippen LogP) is 3.73. The van der Waals surface area contributed by atoms with Crippen molar-refractivity contribution in [1.29, 1.82) is 0 Å². The molecule has 1 N–H and O–H groups in total. The summed E-state index contributed by atoms with van der Waals surface area (Å²) in [4.78, 5) is 16.8. The van der Waals surface area contributed by atoms with E-state index in [2.05, 4.69) is 46.1 Å². The maximum absolute atomic E-state index is 12.5. The number of hydrogen-bond donors (Lipinski definition) is 1. The minimum absolute atomic E-state index is 0.0767. The first-order chi connectivity index (χ1) is 11.6. The minimum atomic E-state index is -0.0767. The van der Waals surface area contributed by atoms with Gasteiger partial charge in [0.15, 0.2) is 0 Å². The van der Waals surface area contributed by atoms with Crippen molar-refractivity contribution >= 4 is 5.91 Å². The van der Waals surface area contributed by atoms with E-state index in [-0.39, 0.29) is 5.91 Å². The lowest BCUT2D eigenvalue weighted by molar-refractivity contribution is 0.0950. The van der Waals surface area contributed by atoms with Gasteiger partial charge in [-0.15, -0.1) is 0 Å². The molecule has 0 fully saturated rings. The van der Waals surface area contributed by atoms with E-state index < -0.39 is 0 Å². The van der Waals surface area contributed by atoms with Crippen LogP contribution in [0.1, 0.15) is 33.0 Å². The normalized spacial score (nSPS) is 10.6. The summed E-state index contributed by atoms with van der Waals surface area (Å²) in [5.41, 5.74) is 5.81. The van der Waals surface area contributed by atoms with Gasteiger partial charge in [0.2, 0.25) is 0 Å². The molecule has 0 aliphatic rings. The summed E-state index contributed by atoms with van der Waals surface area (Å²) in [6, 6.07) is 15.9. The van der Waals surface area contributed by atoms with E-state index in [0.29, 0.717) is 12.1 Å². The number of rotatable bonds is 4. The Morgan fingerprint density at radius 1 is 1.08 bits per heavy atom. The number of pyridine rings is 1. The van der Waals surface area contributed by atoms with E-state index in [0.717, 1.165) is 22.8 Å². The predicted molar refractivity (Wildman–Crippen MR) is 95.4 cm³/mol. The molecule has 0 spiro atoms. The van der Waals surface area contributed by atoms with Crippen LogP contribution in [0, 0.1) is 20.8 Å². The van der Waals surface area contributed by atoms with E-state index in [4.69, 9.17) is 0 Å². The van der Waals surface area contributed by atoms with Gasteiger partial charge in [-0.3, -0.25) is 9.78 Å². The number of carbonyl (C=O) groups is 1. The Kier molecular flexibility index (Phi) is 4.47.